The zero-order valence-electron chi connectivity index (χ0n) is 56.4. The van der Waals surface area contributed by atoms with Crippen molar-refractivity contribution in [2.45, 2.75) is 135 Å². The summed E-state index contributed by atoms with van der Waals surface area (Å²) in [7, 11) is 0. The van der Waals surface area contributed by atoms with E-state index in [4.69, 9.17) is 109 Å². The summed E-state index contributed by atoms with van der Waals surface area (Å²) in [5.41, 5.74) is 0. The standard InChI is InChI=1S/C66H134O23/c1-2-3-4-5-6-7-8-9-10-11-23-76-43-47-80-51-55-84-59-63-88-64-60-85-57-53-82-49-45-78-41-20-38-75-39-21-42-79-46-50-83-54-58-87-62-66-89-65-61-86-56-52-81-48-44-77-40-19-37-74-36-18-35-73-34-17-33-72-32-16-31-71-30-15-29-70-28-14-27-69-26-13-25-68-24-12-22-67/h67H,2-66H2,1H3. The van der Waals surface area contributed by atoms with E-state index in [2.05, 4.69) is 6.92 Å². The predicted molar refractivity (Wildman–Crippen MR) is 343 cm³/mol. The highest BCUT2D eigenvalue weighted by atomic mass is 16.6. The van der Waals surface area contributed by atoms with Crippen LogP contribution in [0.15, 0.2) is 0 Å². The summed E-state index contributed by atoms with van der Waals surface area (Å²) < 4.78 is 123. The molecule has 0 saturated carbocycles. The second-order valence-electron chi connectivity index (χ2n) is 20.9. The van der Waals surface area contributed by atoms with Crippen LogP contribution in [-0.4, -0.2) is 302 Å². The predicted octanol–water partition coefficient (Wildman–Crippen LogP) is 8.17. The van der Waals surface area contributed by atoms with Gasteiger partial charge in [0.05, 0.1) is 159 Å². The molecule has 0 amide bonds. The van der Waals surface area contributed by atoms with Gasteiger partial charge >= 0.3 is 0 Å². The fourth-order valence-corrected chi connectivity index (χ4v) is 7.89. The Labute approximate surface area is 540 Å². The number of hydrogen-bond acceptors (Lipinski definition) is 23. The van der Waals surface area contributed by atoms with E-state index >= 15 is 0 Å². The molecule has 0 aliphatic rings. The van der Waals surface area contributed by atoms with Crippen molar-refractivity contribution in [2.75, 3.05) is 297 Å². The van der Waals surface area contributed by atoms with Crippen LogP contribution >= 0.6 is 0 Å². The molecule has 0 rings (SSSR count). The monoisotopic (exact) mass is 1290 g/mol. The zero-order valence-corrected chi connectivity index (χ0v) is 56.4. The van der Waals surface area contributed by atoms with Gasteiger partial charge in [-0.25, -0.2) is 0 Å². The highest BCUT2D eigenvalue weighted by Crippen LogP contribution is 2.10. The molecule has 23 heteroatoms. The number of aliphatic hydroxyl groups excluding tert-OH is 1. The molecule has 0 fully saturated rings. The third kappa shape index (κ3) is 87.1. The van der Waals surface area contributed by atoms with Gasteiger partial charge in [-0.15, -0.1) is 0 Å². The van der Waals surface area contributed by atoms with Crippen LogP contribution in [0.3, 0.4) is 0 Å². The van der Waals surface area contributed by atoms with Crippen molar-refractivity contribution < 1.29 is 109 Å². The van der Waals surface area contributed by atoms with Gasteiger partial charge in [0.1, 0.15) is 0 Å². The van der Waals surface area contributed by atoms with Crippen molar-refractivity contribution in [3.05, 3.63) is 0 Å². The van der Waals surface area contributed by atoms with Crippen LogP contribution in [0.25, 0.3) is 0 Å². The third-order valence-electron chi connectivity index (χ3n) is 12.7. The molecule has 0 aliphatic carbocycles. The number of aliphatic hydroxyl groups is 1. The highest BCUT2D eigenvalue weighted by Gasteiger charge is 2.02. The molecule has 1 N–H and O–H groups in total. The summed E-state index contributed by atoms with van der Waals surface area (Å²) >= 11 is 0. The van der Waals surface area contributed by atoms with Gasteiger partial charge in [0.25, 0.3) is 0 Å². The van der Waals surface area contributed by atoms with Crippen LogP contribution in [0.1, 0.15) is 135 Å². The fourth-order valence-electron chi connectivity index (χ4n) is 7.89. The Morgan fingerprint density at radius 1 is 0.124 bits per heavy atom. The van der Waals surface area contributed by atoms with Gasteiger partial charge in [-0.3, -0.25) is 0 Å². The van der Waals surface area contributed by atoms with Crippen LogP contribution in [0.5, 0.6) is 0 Å². The molecule has 0 atom stereocenters. The first-order chi connectivity index (χ1) is 44.4. The molecule has 536 valence electrons. The Hall–Kier alpha value is -0.920. The first kappa shape index (κ1) is 88.1. The minimum atomic E-state index is 0.173. The lowest BCUT2D eigenvalue weighted by Gasteiger charge is -2.09. The topological polar surface area (TPSA) is 223 Å². The number of rotatable bonds is 86. The van der Waals surface area contributed by atoms with Crippen LogP contribution < -0.4 is 0 Å². The second kappa shape index (κ2) is 87.1. The Morgan fingerprint density at radius 3 is 0.393 bits per heavy atom. The van der Waals surface area contributed by atoms with Crippen LogP contribution in [0.4, 0.5) is 0 Å². The molecule has 0 aromatic heterocycles. The SMILES string of the molecule is CCCCCCCCCCCCOCCOCCOCCOCCOCCOCCOCCCOCCCOCCOCCOCCOCCOCCOCCOCCCOCCCOCCCOCCCOCCCOCCCOCCCOCCCO. The van der Waals surface area contributed by atoms with E-state index in [1.807, 2.05) is 0 Å². The van der Waals surface area contributed by atoms with Crippen molar-refractivity contribution in [3.8, 4) is 0 Å². The maximum absolute atomic E-state index is 8.71. The molecular weight excluding hydrogens is 1160 g/mol. The van der Waals surface area contributed by atoms with Crippen molar-refractivity contribution in [3.63, 3.8) is 0 Å². The summed E-state index contributed by atoms with van der Waals surface area (Å²) in [5.74, 6) is 0. The molecule has 0 aromatic rings. The largest absolute Gasteiger partial charge is 0.396 e. The van der Waals surface area contributed by atoms with Crippen LogP contribution in [0.2, 0.25) is 0 Å². The molecule has 0 saturated heterocycles. The molecular formula is C66H134O23. The number of hydrogen-bond donors (Lipinski definition) is 1. The Kier molecular flexibility index (Phi) is 86.2. The Balaban J connectivity index is 3.08. The molecule has 23 nitrogen and oxygen atoms in total. The lowest BCUT2D eigenvalue weighted by Crippen LogP contribution is -2.15. The maximum atomic E-state index is 8.71. The van der Waals surface area contributed by atoms with Gasteiger partial charge in [-0.05, 0) is 70.6 Å². The minimum Gasteiger partial charge on any atom is -0.396 e. The van der Waals surface area contributed by atoms with E-state index in [0.29, 0.717) is 291 Å². The lowest BCUT2D eigenvalue weighted by molar-refractivity contribution is -0.0221. The van der Waals surface area contributed by atoms with E-state index in [1.165, 1.54) is 57.8 Å². The van der Waals surface area contributed by atoms with Crippen molar-refractivity contribution in [2.24, 2.45) is 0 Å². The molecule has 0 bridgehead atoms. The molecule has 0 unspecified atom stereocenters. The third-order valence-corrected chi connectivity index (χ3v) is 12.7. The van der Waals surface area contributed by atoms with Crippen molar-refractivity contribution in [1.29, 1.82) is 0 Å². The molecule has 0 heterocycles. The summed E-state index contributed by atoms with van der Waals surface area (Å²) in [4.78, 5) is 0. The second-order valence-corrected chi connectivity index (χ2v) is 20.9. The van der Waals surface area contributed by atoms with Gasteiger partial charge in [0.15, 0.2) is 0 Å². The Bertz CT molecular complexity index is 1110. The van der Waals surface area contributed by atoms with Crippen LogP contribution in [-0.2, 0) is 104 Å². The maximum Gasteiger partial charge on any atom is 0.0701 e. The van der Waals surface area contributed by atoms with E-state index in [-0.39, 0.29) is 6.61 Å². The summed E-state index contributed by atoms with van der Waals surface area (Å²) in [6, 6.07) is 0. The normalized spacial score (nSPS) is 11.8. The van der Waals surface area contributed by atoms with Gasteiger partial charge in [0, 0.05) is 139 Å². The molecule has 0 aromatic carbocycles. The van der Waals surface area contributed by atoms with E-state index in [0.717, 1.165) is 70.8 Å². The smallest absolute Gasteiger partial charge is 0.0701 e. The van der Waals surface area contributed by atoms with Crippen LogP contribution in [0, 0.1) is 0 Å². The van der Waals surface area contributed by atoms with Crippen molar-refractivity contribution in [1.82, 2.24) is 0 Å². The average Bonchev–Trinajstić information content (AvgIpc) is 3.54. The number of ether oxygens (including phenoxy) is 22. The van der Waals surface area contributed by atoms with Gasteiger partial charge in [0.2, 0.25) is 0 Å². The fraction of sp³-hybridized carbons (Fsp3) is 1.00. The highest BCUT2D eigenvalue weighted by molar-refractivity contribution is 4.49. The molecule has 89 heavy (non-hydrogen) atoms. The van der Waals surface area contributed by atoms with E-state index < -0.39 is 0 Å². The Morgan fingerprint density at radius 2 is 0.236 bits per heavy atom. The first-order valence-corrected chi connectivity index (χ1v) is 34.7. The van der Waals surface area contributed by atoms with Crippen molar-refractivity contribution >= 4 is 0 Å². The first-order valence-electron chi connectivity index (χ1n) is 34.7. The quantitative estimate of drug-likeness (QED) is 0.0567. The number of unbranched alkanes of at least 4 members (excludes halogenated alkanes) is 9. The molecule has 0 aliphatic heterocycles. The summed E-state index contributed by atoms with van der Waals surface area (Å²) in [6.07, 6.45) is 21.8. The average molecular weight is 1300 g/mol. The zero-order chi connectivity index (χ0) is 63.5. The molecule has 0 radical (unpaired) electrons. The summed E-state index contributed by atoms with van der Waals surface area (Å²) in [6.45, 7) is 28.9. The van der Waals surface area contributed by atoms with E-state index in [9.17, 15) is 0 Å². The molecule has 0 spiro atoms. The van der Waals surface area contributed by atoms with Gasteiger partial charge < -0.3 is 109 Å². The van der Waals surface area contributed by atoms with E-state index in [1.54, 1.807) is 0 Å². The lowest BCUT2D eigenvalue weighted by atomic mass is 10.1. The van der Waals surface area contributed by atoms with Gasteiger partial charge in [-0.1, -0.05) is 64.7 Å². The summed E-state index contributed by atoms with van der Waals surface area (Å²) in [5, 5.41) is 8.71. The van der Waals surface area contributed by atoms with Gasteiger partial charge in [-0.2, -0.15) is 0 Å². The minimum absolute atomic E-state index is 0.173.